The van der Waals surface area contributed by atoms with Gasteiger partial charge in [0, 0.05) is 25.6 Å². The molecule has 1 fully saturated rings. The fourth-order valence-corrected chi connectivity index (χ4v) is 5.45. The first-order chi connectivity index (χ1) is 18.9. The van der Waals surface area contributed by atoms with Crippen molar-refractivity contribution in [3.63, 3.8) is 0 Å². The molecule has 0 N–H and O–H groups in total. The third-order valence-electron chi connectivity index (χ3n) is 6.40. The molecule has 2 aliphatic heterocycles. The van der Waals surface area contributed by atoms with Gasteiger partial charge in [0.25, 0.3) is 5.91 Å². The van der Waals surface area contributed by atoms with Crippen LogP contribution in [-0.4, -0.2) is 65.3 Å². The Kier molecular flexibility index (Phi) is 7.68. The van der Waals surface area contributed by atoms with Crippen LogP contribution in [0.15, 0.2) is 52.5 Å². The van der Waals surface area contributed by atoms with Crippen molar-refractivity contribution in [3.8, 4) is 0 Å². The van der Waals surface area contributed by atoms with Crippen LogP contribution in [0.3, 0.4) is 0 Å². The molecule has 3 aromatic rings. The zero-order valence-corrected chi connectivity index (χ0v) is 21.7. The molecule has 212 valence electrons. The molecular formula is C26H22F6N4O3S. The van der Waals surface area contributed by atoms with Crippen molar-refractivity contribution >= 4 is 39.8 Å². The summed E-state index contributed by atoms with van der Waals surface area (Å²) in [6.45, 7) is 1.66. The number of nitrogens with zero attached hydrogens (tertiary/aromatic N) is 4. The Bertz CT molecular complexity index is 1500. The van der Waals surface area contributed by atoms with E-state index in [1.54, 1.807) is 31.4 Å². The van der Waals surface area contributed by atoms with Crippen molar-refractivity contribution in [2.45, 2.75) is 25.0 Å². The monoisotopic (exact) mass is 584 g/mol. The lowest BCUT2D eigenvalue weighted by atomic mass is 10.0. The Morgan fingerprint density at radius 2 is 1.93 bits per heavy atom. The molecule has 0 saturated carbocycles. The number of thioether (sulfide) groups is 1. The van der Waals surface area contributed by atoms with Crippen LogP contribution < -0.4 is 0 Å². The van der Waals surface area contributed by atoms with Gasteiger partial charge in [-0.15, -0.1) is 0 Å². The summed E-state index contributed by atoms with van der Waals surface area (Å²) >= 11 is 1.24. The zero-order valence-electron chi connectivity index (χ0n) is 20.9. The first-order valence-electron chi connectivity index (χ1n) is 12.0. The molecule has 2 aromatic carbocycles. The summed E-state index contributed by atoms with van der Waals surface area (Å²) in [4.78, 5) is 19.1. The predicted octanol–water partition coefficient (Wildman–Crippen LogP) is 5.44. The van der Waals surface area contributed by atoms with Gasteiger partial charge in [0.2, 0.25) is 0 Å². The molecule has 0 radical (unpaired) electrons. The topological polar surface area (TPSA) is 69.0 Å². The largest absolute Gasteiger partial charge is 0.416 e. The normalized spacial score (nSPS) is 19.6. The lowest BCUT2D eigenvalue weighted by molar-refractivity contribution is -0.143. The summed E-state index contributed by atoms with van der Waals surface area (Å²) in [7, 11) is 1.59. The van der Waals surface area contributed by atoms with Crippen LogP contribution in [0.5, 0.6) is 0 Å². The molecule has 7 nitrogen and oxygen atoms in total. The summed E-state index contributed by atoms with van der Waals surface area (Å²) in [5, 5.41) is 5.31. The fourth-order valence-electron chi connectivity index (χ4n) is 4.50. The number of amidine groups is 1. The van der Waals surface area contributed by atoms with Crippen molar-refractivity contribution in [1.29, 1.82) is 0 Å². The molecule has 1 atom stereocenters. The van der Waals surface area contributed by atoms with Gasteiger partial charge < -0.3 is 14.4 Å². The lowest BCUT2D eigenvalue weighted by Gasteiger charge is -2.33. The van der Waals surface area contributed by atoms with Gasteiger partial charge in [-0.1, -0.05) is 12.1 Å². The van der Waals surface area contributed by atoms with Crippen LogP contribution in [-0.2, 0) is 33.2 Å². The molecule has 0 spiro atoms. The number of alkyl halides is 6. The predicted molar refractivity (Wildman–Crippen MR) is 136 cm³/mol. The fraction of sp³-hybridized carbons (Fsp3) is 0.346. The van der Waals surface area contributed by atoms with Crippen LogP contribution in [0.2, 0.25) is 0 Å². The highest BCUT2D eigenvalue weighted by Crippen LogP contribution is 2.38. The van der Waals surface area contributed by atoms with E-state index < -0.39 is 23.5 Å². The highest BCUT2D eigenvalue weighted by molar-refractivity contribution is 8.18. The van der Waals surface area contributed by atoms with Gasteiger partial charge in [0.1, 0.15) is 0 Å². The van der Waals surface area contributed by atoms with Crippen molar-refractivity contribution in [2.75, 3.05) is 33.4 Å². The third-order valence-corrected chi connectivity index (χ3v) is 7.44. The summed E-state index contributed by atoms with van der Waals surface area (Å²) in [6, 6.07) is 6.60. The van der Waals surface area contributed by atoms with Crippen LogP contribution in [0.1, 0.15) is 22.3 Å². The number of carbonyl (C=O) groups excluding carboxylic acids is 1. The standard InChI is InChI=1S/C26H22F6N4O3S/c1-38-14-19-13-35(6-7-39-19)24-34-23(37)22(40-24)9-15-2-5-21-17(8-15)11-33-36(21)12-16-3-4-18(25(27,28)29)10-20(16)26(30,31)32/h2-5,8-11,19H,6-7,12-14H2,1H3/b22-9-/t19-/m0/s1. The number of amides is 1. The minimum atomic E-state index is -4.97. The number of aliphatic imine (C=N–C) groups is 1. The van der Waals surface area contributed by atoms with Crippen molar-refractivity contribution in [2.24, 2.45) is 4.99 Å². The van der Waals surface area contributed by atoms with Crippen molar-refractivity contribution in [3.05, 3.63) is 69.8 Å². The maximum Gasteiger partial charge on any atom is 0.416 e. The molecular weight excluding hydrogens is 562 g/mol. The van der Waals surface area contributed by atoms with Crippen LogP contribution in [0.4, 0.5) is 26.3 Å². The number of ether oxygens (including phenoxy) is 2. The molecule has 0 aliphatic carbocycles. The first-order valence-corrected chi connectivity index (χ1v) is 12.8. The Balaban J connectivity index is 1.35. The highest BCUT2D eigenvalue weighted by atomic mass is 32.2. The summed E-state index contributed by atoms with van der Waals surface area (Å²) in [5.74, 6) is -0.382. The number of aromatic nitrogens is 2. The number of fused-ring (bicyclic) bond motifs is 1. The van der Waals surface area contributed by atoms with Crippen molar-refractivity contribution in [1.82, 2.24) is 14.7 Å². The van der Waals surface area contributed by atoms with E-state index >= 15 is 0 Å². The second kappa shape index (κ2) is 10.9. The molecule has 40 heavy (non-hydrogen) atoms. The Labute approximate surface area is 228 Å². The van der Waals surface area contributed by atoms with E-state index in [0.29, 0.717) is 58.9 Å². The number of morpholine rings is 1. The van der Waals surface area contributed by atoms with Gasteiger partial charge in [-0.25, -0.2) is 0 Å². The SMILES string of the molecule is COC[C@@H]1CN(C2=NC(=O)/C(=C/c3ccc4c(cnn4Cc4ccc(C(F)(F)F)cc4C(F)(F)F)c3)S2)CCO1. The van der Waals surface area contributed by atoms with E-state index in [9.17, 15) is 31.1 Å². The summed E-state index contributed by atoms with van der Waals surface area (Å²) in [5.41, 5.74) is -1.94. The third kappa shape index (κ3) is 6.03. The molecule has 2 aliphatic rings. The maximum atomic E-state index is 13.6. The lowest BCUT2D eigenvalue weighted by Crippen LogP contribution is -2.46. The van der Waals surface area contributed by atoms with Gasteiger partial charge in [0.15, 0.2) is 5.17 Å². The highest BCUT2D eigenvalue weighted by Gasteiger charge is 2.38. The van der Waals surface area contributed by atoms with E-state index in [0.717, 1.165) is 6.07 Å². The number of rotatable bonds is 5. The summed E-state index contributed by atoms with van der Waals surface area (Å²) < 4.78 is 91.8. The Hall–Kier alpha value is -3.36. The second-order valence-corrected chi connectivity index (χ2v) is 10.2. The van der Waals surface area contributed by atoms with E-state index in [2.05, 4.69) is 10.1 Å². The molecule has 1 saturated heterocycles. The van der Waals surface area contributed by atoms with Gasteiger partial charge in [-0.3, -0.25) is 9.48 Å². The molecule has 14 heteroatoms. The molecule has 0 unspecified atom stereocenters. The van der Waals surface area contributed by atoms with Crippen LogP contribution in [0.25, 0.3) is 17.0 Å². The number of carbonyl (C=O) groups is 1. The average molecular weight is 585 g/mol. The van der Waals surface area contributed by atoms with Crippen LogP contribution in [0, 0.1) is 0 Å². The number of halogens is 6. The number of benzene rings is 2. The number of hydrogen-bond donors (Lipinski definition) is 0. The van der Waals surface area contributed by atoms with Gasteiger partial charge in [-0.2, -0.15) is 36.4 Å². The Morgan fingerprint density at radius 1 is 1.12 bits per heavy atom. The van der Waals surface area contributed by atoms with E-state index in [1.807, 2.05) is 4.90 Å². The molecule has 1 amide bonds. The van der Waals surface area contributed by atoms with Crippen molar-refractivity contribution < 1.29 is 40.6 Å². The quantitative estimate of drug-likeness (QED) is 0.294. The van der Waals surface area contributed by atoms with Crippen LogP contribution >= 0.6 is 11.8 Å². The molecule has 1 aromatic heterocycles. The summed E-state index contributed by atoms with van der Waals surface area (Å²) in [6.07, 6.45) is -6.88. The van der Waals surface area contributed by atoms with E-state index in [1.165, 1.54) is 22.6 Å². The van der Waals surface area contributed by atoms with Gasteiger partial charge in [0.05, 0.1) is 53.6 Å². The zero-order chi connectivity index (χ0) is 28.7. The van der Waals surface area contributed by atoms with Gasteiger partial charge >= 0.3 is 12.4 Å². The van der Waals surface area contributed by atoms with E-state index in [4.69, 9.17) is 9.47 Å². The number of hydrogen-bond acceptors (Lipinski definition) is 6. The molecule has 0 bridgehead atoms. The second-order valence-electron chi connectivity index (χ2n) is 9.19. The minimum Gasteiger partial charge on any atom is -0.382 e. The smallest absolute Gasteiger partial charge is 0.382 e. The molecule has 3 heterocycles. The Morgan fingerprint density at radius 3 is 2.65 bits per heavy atom. The maximum absolute atomic E-state index is 13.6. The average Bonchev–Trinajstić information content (AvgIpc) is 3.46. The molecule has 5 rings (SSSR count). The van der Waals surface area contributed by atoms with Gasteiger partial charge in [-0.05, 0) is 53.2 Å². The first kappa shape index (κ1) is 28.2. The minimum absolute atomic E-state index is 0.118. The number of methoxy groups -OCH3 is 1. The van der Waals surface area contributed by atoms with E-state index in [-0.39, 0.29) is 30.2 Å².